The summed E-state index contributed by atoms with van der Waals surface area (Å²) in [6.07, 6.45) is 6.92. The lowest BCUT2D eigenvalue weighted by Gasteiger charge is -2.17. The van der Waals surface area contributed by atoms with E-state index in [0.29, 0.717) is 17.3 Å². The van der Waals surface area contributed by atoms with Crippen molar-refractivity contribution in [3.05, 3.63) is 11.6 Å². The molecule has 0 atom stereocenters. The molecule has 0 aliphatic heterocycles. The molecule has 1 saturated carbocycles. The minimum Gasteiger partial charge on any atom is -0.368 e. The van der Waals surface area contributed by atoms with Gasteiger partial charge in [-0.2, -0.15) is 9.97 Å². The third kappa shape index (κ3) is 3.65. The molecule has 2 N–H and O–H groups in total. The van der Waals surface area contributed by atoms with Crippen LogP contribution in [0.15, 0.2) is 0 Å². The van der Waals surface area contributed by atoms with Crippen molar-refractivity contribution in [2.75, 3.05) is 5.73 Å². The molecule has 0 aromatic carbocycles. The molecule has 1 fully saturated rings. The number of hydrogen-bond acceptors (Lipinski definition) is 4. The van der Waals surface area contributed by atoms with Crippen LogP contribution in [0.4, 0.5) is 5.95 Å². The highest BCUT2D eigenvalue weighted by Gasteiger charge is 2.21. The molecule has 0 bridgehead atoms. The maximum absolute atomic E-state index is 5.80. The number of aromatic nitrogens is 3. The summed E-state index contributed by atoms with van der Waals surface area (Å²) in [5.74, 6) is 2.67. The topological polar surface area (TPSA) is 64.7 Å². The van der Waals surface area contributed by atoms with E-state index < -0.39 is 0 Å². The van der Waals surface area contributed by atoms with Gasteiger partial charge in [-0.25, -0.2) is 4.98 Å². The average molecular weight is 248 g/mol. The molecule has 1 aliphatic carbocycles. The van der Waals surface area contributed by atoms with Crippen molar-refractivity contribution in [3.8, 4) is 0 Å². The van der Waals surface area contributed by atoms with Gasteiger partial charge in [0, 0.05) is 12.3 Å². The smallest absolute Gasteiger partial charge is 0.223 e. The molecule has 1 heterocycles. The van der Waals surface area contributed by atoms with Gasteiger partial charge < -0.3 is 5.73 Å². The van der Waals surface area contributed by atoms with Gasteiger partial charge in [0.25, 0.3) is 0 Å². The van der Waals surface area contributed by atoms with Gasteiger partial charge in [-0.15, -0.1) is 0 Å². The summed E-state index contributed by atoms with van der Waals surface area (Å²) >= 11 is 0. The molecular weight excluding hydrogens is 224 g/mol. The van der Waals surface area contributed by atoms with Crippen molar-refractivity contribution < 1.29 is 0 Å². The molecule has 4 nitrogen and oxygen atoms in total. The Balaban J connectivity index is 2.10. The SMILES string of the molecule is CC(C)(C)CCc1nc(N)nc(C2CCCC2)n1. The Kier molecular flexibility index (Phi) is 3.83. The maximum Gasteiger partial charge on any atom is 0.223 e. The van der Waals surface area contributed by atoms with Crippen molar-refractivity contribution in [2.24, 2.45) is 5.41 Å². The van der Waals surface area contributed by atoms with Gasteiger partial charge in [-0.05, 0) is 24.7 Å². The number of hydrogen-bond donors (Lipinski definition) is 1. The quantitative estimate of drug-likeness (QED) is 0.892. The first kappa shape index (κ1) is 13.2. The van der Waals surface area contributed by atoms with Crippen LogP contribution in [-0.4, -0.2) is 15.0 Å². The largest absolute Gasteiger partial charge is 0.368 e. The lowest BCUT2D eigenvalue weighted by molar-refractivity contribution is 0.373. The summed E-state index contributed by atoms with van der Waals surface area (Å²) in [4.78, 5) is 13.2. The summed E-state index contributed by atoms with van der Waals surface area (Å²) in [5, 5.41) is 0. The van der Waals surface area contributed by atoms with Gasteiger partial charge in [-0.3, -0.25) is 0 Å². The zero-order chi connectivity index (χ0) is 13.2. The predicted octanol–water partition coefficient (Wildman–Crippen LogP) is 3.09. The summed E-state index contributed by atoms with van der Waals surface area (Å²) in [6.45, 7) is 6.69. The lowest BCUT2D eigenvalue weighted by atomic mass is 9.90. The lowest BCUT2D eigenvalue weighted by Crippen LogP contribution is -2.13. The third-order valence-corrected chi connectivity index (χ3v) is 3.54. The van der Waals surface area contributed by atoms with Crippen molar-refractivity contribution in [1.29, 1.82) is 0 Å². The van der Waals surface area contributed by atoms with E-state index >= 15 is 0 Å². The zero-order valence-electron chi connectivity index (χ0n) is 11.7. The monoisotopic (exact) mass is 248 g/mol. The first-order chi connectivity index (χ1) is 8.44. The minimum atomic E-state index is 0.301. The summed E-state index contributed by atoms with van der Waals surface area (Å²) in [6, 6.07) is 0. The van der Waals surface area contributed by atoms with Crippen LogP contribution in [0.3, 0.4) is 0 Å². The fraction of sp³-hybridized carbons (Fsp3) is 0.786. The van der Waals surface area contributed by atoms with Crippen molar-refractivity contribution in [3.63, 3.8) is 0 Å². The Morgan fingerprint density at radius 1 is 1.11 bits per heavy atom. The van der Waals surface area contributed by atoms with Crippen LogP contribution in [0.2, 0.25) is 0 Å². The highest BCUT2D eigenvalue weighted by Crippen LogP contribution is 2.32. The molecule has 100 valence electrons. The van der Waals surface area contributed by atoms with E-state index in [4.69, 9.17) is 5.73 Å². The Morgan fingerprint density at radius 3 is 2.39 bits per heavy atom. The van der Waals surface area contributed by atoms with Crippen LogP contribution in [0, 0.1) is 5.41 Å². The molecule has 1 aliphatic rings. The number of anilines is 1. The van der Waals surface area contributed by atoms with Crippen molar-refractivity contribution in [1.82, 2.24) is 15.0 Å². The molecule has 0 unspecified atom stereocenters. The molecule has 18 heavy (non-hydrogen) atoms. The Hall–Kier alpha value is -1.19. The van der Waals surface area contributed by atoms with E-state index in [1.807, 2.05) is 0 Å². The second-order valence-electron chi connectivity index (χ2n) is 6.51. The van der Waals surface area contributed by atoms with Crippen molar-refractivity contribution >= 4 is 5.95 Å². The molecule has 4 heteroatoms. The van der Waals surface area contributed by atoms with Crippen LogP contribution in [0.25, 0.3) is 0 Å². The second kappa shape index (κ2) is 5.21. The highest BCUT2D eigenvalue weighted by molar-refractivity contribution is 5.18. The fourth-order valence-corrected chi connectivity index (χ4v) is 2.42. The van der Waals surface area contributed by atoms with Crippen LogP contribution in [0.1, 0.15) is 70.4 Å². The third-order valence-electron chi connectivity index (χ3n) is 3.54. The maximum atomic E-state index is 5.80. The zero-order valence-corrected chi connectivity index (χ0v) is 11.7. The number of rotatable bonds is 3. The molecule has 2 rings (SSSR count). The van der Waals surface area contributed by atoms with Gasteiger partial charge in [0.1, 0.15) is 11.6 Å². The summed E-state index contributed by atoms with van der Waals surface area (Å²) < 4.78 is 0. The van der Waals surface area contributed by atoms with Gasteiger partial charge in [-0.1, -0.05) is 33.6 Å². The van der Waals surface area contributed by atoms with E-state index in [9.17, 15) is 0 Å². The van der Waals surface area contributed by atoms with E-state index in [0.717, 1.165) is 24.5 Å². The van der Waals surface area contributed by atoms with Gasteiger partial charge in [0.05, 0.1) is 0 Å². The van der Waals surface area contributed by atoms with Crippen LogP contribution >= 0.6 is 0 Å². The molecule has 1 aromatic heterocycles. The molecule has 0 saturated heterocycles. The molecule has 0 amide bonds. The second-order valence-corrected chi connectivity index (χ2v) is 6.51. The normalized spacial score (nSPS) is 17.3. The number of nitrogens with zero attached hydrogens (tertiary/aromatic N) is 3. The van der Waals surface area contributed by atoms with Gasteiger partial charge >= 0.3 is 0 Å². The standard InChI is InChI=1S/C14H24N4/c1-14(2,3)9-8-11-16-12(18-13(15)17-11)10-6-4-5-7-10/h10H,4-9H2,1-3H3,(H2,15,16,17,18). The Morgan fingerprint density at radius 2 is 1.78 bits per heavy atom. The van der Waals surface area contributed by atoms with E-state index in [1.54, 1.807) is 0 Å². The number of aryl methyl sites for hydroxylation is 1. The van der Waals surface area contributed by atoms with E-state index in [2.05, 4.69) is 35.7 Å². The highest BCUT2D eigenvalue weighted by atomic mass is 15.1. The molecule has 1 aromatic rings. The minimum absolute atomic E-state index is 0.301. The number of nitrogen functional groups attached to an aromatic ring is 1. The Bertz CT molecular complexity index is 403. The van der Waals surface area contributed by atoms with Crippen LogP contribution < -0.4 is 5.73 Å². The number of nitrogens with two attached hydrogens (primary N) is 1. The van der Waals surface area contributed by atoms with E-state index in [1.165, 1.54) is 25.7 Å². The summed E-state index contributed by atoms with van der Waals surface area (Å²) in [7, 11) is 0. The van der Waals surface area contributed by atoms with Crippen molar-refractivity contribution in [2.45, 2.75) is 65.2 Å². The Labute approximate surface area is 109 Å². The van der Waals surface area contributed by atoms with Crippen LogP contribution in [0.5, 0.6) is 0 Å². The molecule has 0 radical (unpaired) electrons. The first-order valence-corrected chi connectivity index (χ1v) is 6.94. The molecular formula is C14H24N4. The van der Waals surface area contributed by atoms with E-state index in [-0.39, 0.29) is 0 Å². The summed E-state index contributed by atoms with van der Waals surface area (Å²) in [5.41, 5.74) is 6.10. The fourth-order valence-electron chi connectivity index (χ4n) is 2.42. The van der Waals surface area contributed by atoms with Gasteiger partial charge in [0.2, 0.25) is 5.95 Å². The average Bonchev–Trinajstić information content (AvgIpc) is 2.78. The predicted molar refractivity (Wildman–Crippen MR) is 73.2 cm³/mol. The van der Waals surface area contributed by atoms with Crippen LogP contribution in [-0.2, 0) is 6.42 Å². The van der Waals surface area contributed by atoms with Gasteiger partial charge in [0.15, 0.2) is 0 Å². The first-order valence-electron chi connectivity index (χ1n) is 6.94. The molecule has 0 spiro atoms.